The van der Waals surface area contributed by atoms with E-state index in [0.29, 0.717) is 5.56 Å². The average molecular weight is 326 g/mol. The molecule has 0 fully saturated rings. The van der Waals surface area contributed by atoms with Crippen LogP contribution >= 0.6 is 0 Å². The Kier molecular flexibility index (Phi) is 3.92. The molecular formula is C21H16N3O+. The lowest BCUT2D eigenvalue weighted by molar-refractivity contribution is -0.617. The Morgan fingerprint density at radius 3 is 2.20 bits per heavy atom. The monoisotopic (exact) mass is 326 g/mol. The van der Waals surface area contributed by atoms with Crippen LogP contribution in [0.1, 0.15) is 10.4 Å². The fourth-order valence-electron chi connectivity index (χ4n) is 2.81. The van der Waals surface area contributed by atoms with E-state index in [4.69, 9.17) is 0 Å². The maximum atomic E-state index is 12.5. The quantitative estimate of drug-likeness (QED) is 0.585. The second-order valence-corrected chi connectivity index (χ2v) is 5.65. The number of nitrogens with one attached hydrogen (secondary N) is 1. The summed E-state index contributed by atoms with van der Waals surface area (Å²) in [6, 6.07) is 27.0. The van der Waals surface area contributed by atoms with E-state index in [1.165, 1.54) is 0 Å². The molecule has 0 radical (unpaired) electrons. The van der Waals surface area contributed by atoms with Gasteiger partial charge in [-0.05, 0) is 29.2 Å². The van der Waals surface area contributed by atoms with E-state index in [2.05, 4.69) is 10.4 Å². The highest BCUT2D eigenvalue weighted by molar-refractivity contribution is 5.99. The predicted molar refractivity (Wildman–Crippen MR) is 97.5 cm³/mol. The number of fused-ring (bicyclic) bond motifs is 1. The largest absolute Gasteiger partial charge is 0.310 e. The molecule has 120 valence electrons. The first kappa shape index (κ1) is 15.0. The third kappa shape index (κ3) is 2.97. The summed E-state index contributed by atoms with van der Waals surface area (Å²) in [5.74, 6) is -0.176. The van der Waals surface area contributed by atoms with Crippen LogP contribution in [0.4, 0.5) is 0 Å². The summed E-state index contributed by atoms with van der Waals surface area (Å²) in [4.78, 5) is 17.0. The number of para-hydroxylation sites is 1. The van der Waals surface area contributed by atoms with Crippen molar-refractivity contribution in [3.8, 4) is 11.3 Å². The molecule has 1 amide bonds. The summed E-state index contributed by atoms with van der Waals surface area (Å²) in [5, 5.41) is 0.976. The summed E-state index contributed by atoms with van der Waals surface area (Å²) in [6.45, 7) is 0. The van der Waals surface area contributed by atoms with Crippen LogP contribution < -0.4 is 10.1 Å². The van der Waals surface area contributed by atoms with Crippen molar-refractivity contribution in [3.05, 3.63) is 96.8 Å². The Bertz CT molecular complexity index is 1030. The molecule has 0 aliphatic rings. The normalized spacial score (nSPS) is 10.6. The van der Waals surface area contributed by atoms with Crippen LogP contribution in [0.3, 0.4) is 0 Å². The SMILES string of the molecule is O=C(N[n+]1cnc(-c2ccccc2)c2ccccc21)c1ccccc1. The van der Waals surface area contributed by atoms with Crippen molar-refractivity contribution in [3.63, 3.8) is 0 Å². The smallest absolute Gasteiger partial charge is 0.266 e. The number of rotatable bonds is 3. The Balaban J connectivity index is 1.78. The number of amides is 1. The molecule has 4 aromatic rings. The minimum absolute atomic E-state index is 0.176. The minimum atomic E-state index is -0.176. The van der Waals surface area contributed by atoms with E-state index in [0.717, 1.165) is 22.2 Å². The molecule has 1 N–H and O–H groups in total. The number of carbonyl (C=O) groups is 1. The molecule has 1 aromatic heterocycles. The molecule has 0 atom stereocenters. The zero-order valence-corrected chi connectivity index (χ0v) is 13.5. The molecule has 4 nitrogen and oxygen atoms in total. The fourth-order valence-corrected chi connectivity index (χ4v) is 2.81. The van der Waals surface area contributed by atoms with Gasteiger partial charge in [0.25, 0.3) is 5.91 Å². The molecule has 0 saturated heterocycles. The first-order valence-corrected chi connectivity index (χ1v) is 8.04. The molecule has 25 heavy (non-hydrogen) atoms. The van der Waals surface area contributed by atoms with Crippen molar-refractivity contribution in [2.75, 3.05) is 5.43 Å². The summed E-state index contributed by atoms with van der Waals surface area (Å²) in [5.41, 5.74) is 6.32. The standard InChI is InChI=1S/C21H15N3O/c25-21(17-11-5-2-6-12-17)23-24-15-22-20(16-9-3-1-4-10-16)18-13-7-8-14-19(18)24/h1-15H/p+1. The average Bonchev–Trinajstić information content (AvgIpc) is 2.69. The molecule has 0 unspecified atom stereocenters. The summed E-state index contributed by atoms with van der Waals surface area (Å²) in [7, 11) is 0. The lowest BCUT2D eigenvalue weighted by Gasteiger charge is -2.07. The molecule has 0 aliphatic heterocycles. The van der Waals surface area contributed by atoms with Crippen LogP contribution in [0.2, 0.25) is 0 Å². The number of nitrogens with zero attached hydrogens (tertiary/aromatic N) is 2. The van der Waals surface area contributed by atoms with Crippen molar-refractivity contribution in [2.24, 2.45) is 0 Å². The van der Waals surface area contributed by atoms with Gasteiger partial charge in [0.2, 0.25) is 0 Å². The molecule has 3 aromatic carbocycles. The highest BCUT2D eigenvalue weighted by Crippen LogP contribution is 2.23. The van der Waals surface area contributed by atoms with Crippen molar-refractivity contribution in [1.82, 2.24) is 4.98 Å². The van der Waals surface area contributed by atoms with Crippen LogP contribution in [0.15, 0.2) is 91.3 Å². The van der Waals surface area contributed by atoms with Gasteiger partial charge < -0.3 is 0 Å². The van der Waals surface area contributed by atoms with Gasteiger partial charge in [-0.1, -0.05) is 60.7 Å². The van der Waals surface area contributed by atoms with E-state index < -0.39 is 0 Å². The van der Waals surface area contributed by atoms with E-state index in [1.54, 1.807) is 23.1 Å². The Labute approximate surface area is 145 Å². The van der Waals surface area contributed by atoms with Gasteiger partial charge in [-0.2, -0.15) is 5.43 Å². The lowest BCUT2D eigenvalue weighted by atomic mass is 10.1. The van der Waals surface area contributed by atoms with Gasteiger partial charge in [0.1, 0.15) is 0 Å². The molecule has 4 rings (SSSR count). The molecule has 1 heterocycles. The van der Waals surface area contributed by atoms with Gasteiger partial charge in [0.15, 0.2) is 11.2 Å². The number of aromatic nitrogens is 2. The molecule has 0 saturated carbocycles. The van der Waals surface area contributed by atoms with Gasteiger partial charge in [-0.25, -0.2) is 0 Å². The topological polar surface area (TPSA) is 45.9 Å². The van der Waals surface area contributed by atoms with E-state index in [1.807, 2.05) is 72.8 Å². The molecule has 0 bridgehead atoms. The number of carbonyl (C=O) groups excluding carboxylic acids is 1. The first-order valence-electron chi connectivity index (χ1n) is 8.04. The Hall–Kier alpha value is -3.53. The zero-order chi connectivity index (χ0) is 17.1. The number of hydrogen-bond acceptors (Lipinski definition) is 2. The van der Waals surface area contributed by atoms with Crippen LogP contribution in [0, 0.1) is 0 Å². The summed E-state index contributed by atoms with van der Waals surface area (Å²) >= 11 is 0. The van der Waals surface area contributed by atoms with Crippen LogP contribution in [-0.2, 0) is 0 Å². The second-order valence-electron chi connectivity index (χ2n) is 5.65. The van der Waals surface area contributed by atoms with E-state index in [9.17, 15) is 4.79 Å². The highest BCUT2D eigenvalue weighted by atomic mass is 16.2. The molecule has 0 aliphatic carbocycles. The lowest BCUT2D eigenvalue weighted by Crippen LogP contribution is -2.49. The van der Waals surface area contributed by atoms with Gasteiger partial charge in [0.05, 0.1) is 5.39 Å². The second kappa shape index (κ2) is 6.53. The third-order valence-corrected chi connectivity index (χ3v) is 4.03. The number of hydrogen-bond donors (Lipinski definition) is 1. The summed E-state index contributed by atoms with van der Waals surface area (Å²) < 4.78 is 1.66. The van der Waals surface area contributed by atoms with Crippen molar-refractivity contribution in [2.45, 2.75) is 0 Å². The highest BCUT2D eigenvalue weighted by Gasteiger charge is 2.17. The van der Waals surface area contributed by atoms with Crippen LogP contribution in [0.5, 0.6) is 0 Å². The van der Waals surface area contributed by atoms with Gasteiger partial charge in [-0.15, -0.1) is 4.68 Å². The zero-order valence-electron chi connectivity index (χ0n) is 13.5. The molecule has 0 spiro atoms. The fraction of sp³-hybridized carbons (Fsp3) is 0. The van der Waals surface area contributed by atoms with Gasteiger partial charge >= 0.3 is 6.33 Å². The summed E-state index contributed by atoms with van der Waals surface area (Å²) in [6.07, 6.45) is 1.64. The first-order chi connectivity index (χ1) is 12.3. The Morgan fingerprint density at radius 1 is 0.800 bits per heavy atom. The number of benzene rings is 3. The van der Waals surface area contributed by atoms with Crippen molar-refractivity contribution in [1.29, 1.82) is 0 Å². The van der Waals surface area contributed by atoms with Gasteiger partial charge in [-0.3, -0.25) is 4.79 Å². The van der Waals surface area contributed by atoms with Crippen LogP contribution in [0.25, 0.3) is 22.2 Å². The maximum absolute atomic E-state index is 12.5. The van der Waals surface area contributed by atoms with Crippen molar-refractivity contribution >= 4 is 16.8 Å². The van der Waals surface area contributed by atoms with E-state index >= 15 is 0 Å². The van der Waals surface area contributed by atoms with Gasteiger partial charge in [0, 0.05) is 11.1 Å². The minimum Gasteiger partial charge on any atom is -0.266 e. The predicted octanol–water partition coefficient (Wildman–Crippen LogP) is 3.57. The molecular weight excluding hydrogens is 310 g/mol. The Morgan fingerprint density at radius 2 is 1.44 bits per heavy atom. The van der Waals surface area contributed by atoms with Crippen LogP contribution in [-0.4, -0.2) is 10.9 Å². The van der Waals surface area contributed by atoms with E-state index in [-0.39, 0.29) is 5.91 Å². The third-order valence-electron chi connectivity index (χ3n) is 4.03. The molecule has 4 heteroatoms. The van der Waals surface area contributed by atoms with Crippen molar-refractivity contribution < 1.29 is 9.47 Å². The maximum Gasteiger partial charge on any atom is 0.310 e.